The molecule has 20 heavy (non-hydrogen) atoms. The number of benzene rings is 1. The molecular formula is C14H15NO5. The van der Waals surface area contributed by atoms with Crippen molar-refractivity contribution in [2.75, 3.05) is 0 Å². The first-order valence-corrected chi connectivity index (χ1v) is 5.99. The van der Waals surface area contributed by atoms with Gasteiger partial charge >= 0.3 is 5.97 Å². The van der Waals surface area contributed by atoms with Crippen LogP contribution in [-0.2, 0) is 20.8 Å². The number of hydrogen-bond acceptors (Lipinski definition) is 4. The topological polar surface area (TPSA) is 104 Å². The molecule has 6 nitrogen and oxygen atoms in total. The van der Waals surface area contributed by atoms with Gasteiger partial charge < -0.3 is 10.2 Å². The number of nitrogens with zero attached hydrogens (tertiary/aromatic N) is 1. The molecule has 0 radical (unpaired) electrons. The highest BCUT2D eigenvalue weighted by Crippen LogP contribution is 2.11. The molecule has 106 valence electrons. The van der Waals surface area contributed by atoms with Crippen molar-refractivity contribution in [1.29, 1.82) is 0 Å². The van der Waals surface area contributed by atoms with Crippen LogP contribution in [0.15, 0.2) is 29.3 Å². The molecule has 6 heteroatoms. The number of aliphatic carboxylic acids is 1. The van der Waals surface area contributed by atoms with Gasteiger partial charge in [-0.1, -0.05) is 12.1 Å². The molecule has 1 rings (SSSR count). The second-order valence-electron chi connectivity index (χ2n) is 4.25. The van der Waals surface area contributed by atoms with Crippen molar-refractivity contribution in [2.45, 2.75) is 26.2 Å². The summed E-state index contributed by atoms with van der Waals surface area (Å²) < 4.78 is 0. The lowest BCUT2D eigenvalue weighted by atomic mass is 10.1. The Bertz CT molecular complexity index is 545. The third-order valence-electron chi connectivity index (χ3n) is 2.55. The lowest BCUT2D eigenvalue weighted by Crippen LogP contribution is -2.17. The Morgan fingerprint density at radius 3 is 2.25 bits per heavy atom. The van der Waals surface area contributed by atoms with Crippen molar-refractivity contribution in [3.8, 4) is 5.75 Å². The summed E-state index contributed by atoms with van der Waals surface area (Å²) in [6.07, 6.45) is -0.0810. The fourth-order valence-corrected chi connectivity index (χ4v) is 1.51. The first-order valence-electron chi connectivity index (χ1n) is 5.99. The summed E-state index contributed by atoms with van der Waals surface area (Å²) in [7, 11) is 0. The minimum atomic E-state index is -1.20. The van der Waals surface area contributed by atoms with Crippen LogP contribution in [0.1, 0.15) is 25.3 Å². The zero-order chi connectivity index (χ0) is 15.1. The number of ketones is 1. The number of rotatable bonds is 6. The lowest BCUT2D eigenvalue weighted by molar-refractivity contribution is -0.135. The molecule has 1 aromatic carbocycles. The Kier molecular flexibility index (Phi) is 5.58. The molecule has 0 aliphatic carbocycles. The van der Waals surface area contributed by atoms with Crippen molar-refractivity contribution in [1.82, 2.24) is 0 Å². The summed E-state index contributed by atoms with van der Waals surface area (Å²) in [4.78, 5) is 36.8. The van der Waals surface area contributed by atoms with Crippen LogP contribution in [0.5, 0.6) is 5.75 Å². The van der Waals surface area contributed by atoms with Gasteiger partial charge in [-0.15, -0.1) is 0 Å². The molecule has 0 aliphatic heterocycles. The third-order valence-corrected chi connectivity index (χ3v) is 2.55. The van der Waals surface area contributed by atoms with Crippen LogP contribution >= 0.6 is 0 Å². The molecule has 0 aliphatic rings. The van der Waals surface area contributed by atoms with E-state index in [0.29, 0.717) is 6.42 Å². The number of aryl methyl sites for hydroxylation is 1. The fraction of sp³-hybridized carbons (Fsp3) is 0.286. The normalized spacial score (nSPS) is 11.2. The number of hydrogen-bond donors (Lipinski definition) is 2. The summed E-state index contributed by atoms with van der Waals surface area (Å²) in [6.45, 7) is 1.18. The SMILES string of the molecule is CC(=O)C(CC(=O)O)=NC(=O)CCc1ccc(O)cc1. The maximum atomic E-state index is 11.6. The van der Waals surface area contributed by atoms with Gasteiger partial charge in [0.05, 0.1) is 12.1 Å². The number of amides is 1. The summed E-state index contributed by atoms with van der Waals surface area (Å²) in [5.41, 5.74) is 0.599. The maximum Gasteiger partial charge on any atom is 0.309 e. The molecular weight excluding hydrogens is 262 g/mol. The van der Waals surface area contributed by atoms with Crippen LogP contribution in [-0.4, -0.2) is 33.6 Å². The van der Waals surface area contributed by atoms with Crippen molar-refractivity contribution in [3.63, 3.8) is 0 Å². The average Bonchev–Trinajstić information content (AvgIpc) is 2.36. The monoisotopic (exact) mass is 277 g/mol. The van der Waals surface area contributed by atoms with Gasteiger partial charge in [0.1, 0.15) is 5.75 Å². The van der Waals surface area contributed by atoms with Crippen LogP contribution in [0.4, 0.5) is 0 Å². The second kappa shape index (κ2) is 7.18. The highest BCUT2D eigenvalue weighted by atomic mass is 16.4. The van der Waals surface area contributed by atoms with Gasteiger partial charge in [0.15, 0.2) is 5.78 Å². The Hall–Kier alpha value is -2.50. The summed E-state index contributed by atoms with van der Waals surface area (Å²) in [6, 6.07) is 6.37. The summed E-state index contributed by atoms with van der Waals surface area (Å²) >= 11 is 0. The molecule has 0 spiro atoms. The highest BCUT2D eigenvalue weighted by Gasteiger charge is 2.13. The molecule has 1 aromatic rings. The van der Waals surface area contributed by atoms with Crippen LogP contribution in [0.3, 0.4) is 0 Å². The Labute approximate surface area is 115 Å². The van der Waals surface area contributed by atoms with E-state index in [9.17, 15) is 14.4 Å². The van der Waals surface area contributed by atoms with Gasteiger partial charge in [0, 0.05) is 13.3 Å². The zero-order valence-corrected chi connectivity index (χ0v) is 11.0. The molecule has 1 amide bonds. The van der Waals surface area contributed by atoms with Crippen LogP contribution in [0.25, 0.3) is 0 Å². The number of aliphatic imine (C=N–C) groups is 1. The van der Waals surface area contributed by atoms with Gasteiger partial charge in [0.2, 0.25) is 5.91 Å². The standard InChI is InChI=1S/C14H15NO5/c1-9(16)12(8-14(19)20)15-13(18)7-4-10-2-5-11(17)6-3-10/h2-3,5-6,17H,4,7-8H2,1H3,(H,19,20). The van der Waals surface area contributed by atoms with Crippen LogP contribution in [0.2, 0.25) is 0 Å². The van der Waals surface area contributed by atoms with E-state index in [0.717, 1.165) is 5.56 Å². The smallest absolute Gasteiger partial charge is 0.309 e. The van der Waals surface area contributed by atoms with E-state index in [1.165, 1.54) is 19.1 Å². The van der Waals surface area contributed by atoms with E-state index in [1.54, 1.807) is 12.1 Å². The minimum absolute atomic E-state index is 0.0706. The number of carbonyl (C=O) groups excluding carboxylic acids is 2. The van der Waals surface area contributed by atoms with E-state index in [1.807, 2.05) is 0 Å². The number of Topliss-reactive ketones (excluding diaryl/α,β-unsaturated/α-hetero) is 1. The van der Waals surface area contributed by atoms with Crippen LogP contribution in [0, 0.1) is 0 Å². The molecule has 0 aromatic heterocycles. The number of phenols is 1. The van der Waals surface area contributed by atoms with Crippen molar-refractivity contribution in [3.05, 3.63) is 29.8 Å². The van der Waals surface area contributed by atoms with E-state index in [2.05, 4.69) is 4.99 Å². The number of aromatic hydroxyl groups is 1. The number of carboxylic acid groups (broad SMARTS) is 1. The number of carbonyl (C=O) groups is 3. The molecule has 0 bridgehead atoms. The first-order chi connectivity index (χ1) is 9.38. The van der Waals surface area contributed by atoms with Gasteiger partial charge in [-0.25, -0.2) is 4.99 Å². The quantitative estimate of drug-likeness (QED) is 0.764. The molecule has 0 atom stereocenters. The van der Waals surface area contributed by atoms with Gasteiger partial charge in [-0.2, -0.15) is 0 Å². The van der Waals surface area contributed by atoms with Crippen molar-refractivity contribution in [2.24, 2.45) is 4.99 Å². The fourth-order valence-electron chi connectivity index (χ4n) is 1.51. The first kappa shape index (κ1) is 15.6. The van der Waals surface area contributed by atoms with E-state index < -0.39 is 24.1 Å². The minimum Gasteiger partial charge on any atom is -0.508 e. The van der Waals surface area contributed by atoms with E-state index >= 15 is 0 Å². The van der Waals surface area contributed by atoms with E-state index in [4.69, 9.17) is 10.2 Å². The van der Waals surface area contributed by atoms with Gasteiger partial charge in [0.25, 0.3) is 0 Å². The predicted octanol–water partition coefficient (Wildman–Crippen LogP) is 1.36. The Balaban J connectivity index is 2.63. The number of carboxylic acids is 1. The predicted molar refractivity (Wildman–Crippen MR) is 71.8 cm³/mol. The average molecular weight is 277 g/mol. The van der Waals surface area contributed by atoms with Gasteiger partial charge in [-0.3, -0.25) is 14.4 Å². The zero-order valence-electron chi connectivity index (χ0n) is 11.0. The molecule has 2 N–H and O–H groups in total. The van der Waals surface area contributed by atoms with E-state index in [-0.39, 0.29) is 17.9 Å². The third kappa shape index (κ3) is 5.43. The maximum absolute atomic E-state index is 11.6. The molecule has 0 saturated heterocycles. The van der Waals surface area contributed by atoms with Crippen molar-refractivity contribution >= 4 is 23.4 Å². The number of phenolic OH excluding ortho intramolecular Hbond substituents is 1. The van der Waals surface area contributed by atoms with Gasteiger partial charge in [-0.05, 0) is 24.1 Å². The van der Waals surface area contributed by atoms with Crippen molar-refractivity contribution < 1.29 is 24.6 Å². The Morgan fingerprint density at radius 2 is 1.75 bits per heavy atom. The molecule has 0 fully saturated rings. The summed E-state index contributed by atoms with van der Waals surface area (Å²) in [5.74, 6) is -2.13. The molecule has 0 heterocycles. The highest BCUT2D eigenvalue weighted by molar-refractivity contribution is 6.42. The Morgan fingerprint density at radius 1 is 1.15 bits per heavy atom. The van der Waals surface area contributed by atoms with Crippen LogP contribution < -0.4 is 0 Å². The molecule has 0 unspecified atom stereocenters. The second-order valence-corrected chi connectivity index (χ2v) is 4.25. The lowest BCUT2D eigenvalue weighted by Gasteiger charge is -2.01. The summed E-state index contributed by atoms with van der Waals surface area (Å²) in [5, 5.41) is 17.7. The largest absolute Gasteiger partial charge is 0.508 e. The molecule has 0 saturated carbocycles.